The van der Waals surface area contributed by atoms with E-state index >= 15 is 0 Å². The molecule has 0 N–H and O–H groups in total. The minimum Gasteiger partial charge on any atom is -0.301 e. The smallest absolute Gasteiger partial charge is 0.0198 e. The van der Waals surface area contributed by atoms with E-state index in [1.807, 2.05) is 0 Å². The van der Waals surface area contributed by atoms with Crippen molar-refractivity contribution in [1.29, 1.82) is 0 Å². The number of rotatable bonds is 4. The summed E-state index contributed by atoms with van der Waals surface area (Å²) in [6.07, 6.45) is 6.51. The Morgan fingerprint density at radius 1 is 0.875 bits per heavy atom. The average Bonchev–Trinajstić information content (AvgIpc) is 2.55. The van der Waals surface area contributed by atoms with Crippen LogP contribution in [0.4, 0.5) is 0 Å². The minimum absolute atomic E-state index is 0.701. The molecule has 1 atom stereocenters. The topological polar surface area (TPSA) is 6.48 Å². The van der Waals surface area contributed by atoms with Crippen LogP contribution in [-0.4, -0.2) is 48.1 Å². The maximum atomic E-state index is 2.62. The van der Waals surface area contributed by atoms with Gasteiger partial charge in [-0.3, -0.25) is 4.90 Å². The lowest BCUT2D eigenvalue weighted by Crippen LogP contribution is -2.41. The summed E-state index contributed by atoms with van der Waals surface area (Å²) in [5.41, 5.74) is 1.62. The molecule has 2 aliphatic rings. The predicted octanol–water partition coefficient (Wildman–Crippen LogP) is 5.45. The Balaban J connectivity index is 0.000000240. The van der Waals surface area contributed by atoms with Crippen LogP contribution in [0, 0.1) is 17.8 Å². The summed E-state index contributed by atoms with van der Waals surface area (Å²) < 4.78 is 0. The van der Waals surface area contributed by atoms with Crippen LogP contribution in [0.15, 0.2) is 11.6 Å². The number of likely N-dealkylation sites (tertiary alicyclic amines) is 1. The molecular formula is C22H44N2. The molecule has 1 fully saturated rings. The van der Waals surface area contributed by atoms with Gasteiger partial charge in [-0.05, 0) is 71.3 Å². The average molecular weight is 337 g/mol. The first-order valence-electron chi connectivity index (χ1n) is 10.4. The highest BCUT2D eigenvalue weighted by Gasteiger charge is 2.23. The molecule has 2 rings (SSSR count). The van der Waals surface area contributed by atoms with E-state index in [1.165, 1.54) is 45.4 Å². The lowest BCUT2D eigenvalue weighted by atomic mass is 9.87. The van der Waals surface area contributed by atoms with Crippen molar-refractivity contribution in [3.63, 3.8) is 0 Å². The Kier molecular flexibility index (Phi) is 9.59. The third-order valence-electron chi connectivity index (χ3n) is 5.84. The summed E-state index contributed by atoms with van der Waals surface area (Å²) in [4.78, 5) is 5.17. The minimum atomic E-state index is 0.701. The summed E-state index contributed by atoms with van der Waals surface area (Å²) in [5.74, 6) is 2.54. The predicted molar refractivity (Wildman–Crippen MR) is 109 cm³/mol. The van der Waals surface area contributed by atoms with Gasteiger partial charge in [-0.2, -0.15) is 0 Å². The molecule has 0 bridgehead atoms. The summed E-state index contributed by atoms with van der Waals surface area (Å²) in [6, 6.07) is 1.44. The molecule has 1 unspecified atom stereocenters. The maximum Gasteiger partial charge on any atom is 0.0198 e. The summed E-state index contributed by atoms with van der Waals surface area (Å²) in [5, 5.41) is 0. The van der Waals surface area contributed by atoms with Gasteiger partial charge in [-0.25, -0.2) is 0 Å². The fourth-order valence-electron chi connectivity index (χ4n) is 3.71. The van der Waals surface area contributed by atoms with Crippen LogP contribution < -0.4 is 0 Å². The van der Waals surface area contributed by atoms with Crippen LogP contribution in [0.25, 0.3) is 0 Å². The Hall–Kier alpha value is -0.340. The number of hydrogen-bond donors (Lipinski definition) is 0. The van der Waals surface area contributed by atoms with Crippen LogP contribution in [0.2, 0.25) is 0 Å². The lowest BCUT2D eigenvalue weighted by Gasteiger charge is -2.37. The van der Waals surface area contributed by atoms with Crippen LogP contribution in [0.3, 0.4) is 0 Å². The van der Waals surface area contributed by atoms with E-state index in [-0.39, 0.29) is 0 Å². The third kappa shape index (κ3) is 7.27. The Morgan fingerprint density at radius 2 is 1.50 bits per heavy atom. The fourth-order valence-corrected chi connectivity index (χ4v) is 3.71. The van der Waals surface area contributed by atoms with Crippen molar-refractivity contribution in [1.82, 2.24) is 9.80 Å². The monoisotopic (exact) mass is 336 g/mol. The van der Waals surface area contributed by atoms with Crippen molar-refractivity contribution in [3.8, 4) is 0 Å². The number of nitrogens with zero attached hydrogens (tertiary/aromatic N) is 2. The first-order valence-corrected chi connectivity index (χ1v) is 10.4. The SMILES string of the molecule is CC(C)C1=CCCN(C(C)C)C1.CC(C)C1CCCN(C(C)C)C1. The quantitative estimate of drug-likeness (QED) is 0.630. The molecular weight excluding hydrogens is 292 g/mol. The van der Waals surface area contributed by atoms with Gasteiger partial charge >= 0.3 is 0 Å². The van der Waals surface area contributed by atoms with Gasteiger partial charge in [0.15, 0.2) is 0 Å². The van der Waals surface area contributed by atoms with E-state index in [0.717, 1.165) is 23.8 Å². The van der Waals surface area contributed by atoms with Crippen molar-refractivity contribution in [2.45, 2.75) is 86.7 Å². The van der Waals surface area contributed by atoms with E-state index in [1.54, 1.807) is 5.57 Å². The molecule has 0 amide bonds. The van der Waals surface area contributed by atoms with Gasteiger partial charge in [0.2, 0.25) is 0 Å². The van der Waals surface area contributed by atoms with Crippen molar-refractivity contribution >= 4 is 0 Å². The Labute approximate surface area is 152 Å². The first kappa shape index (κ1) is 21.7. The molecule has 0 aromatic rings. The second kappa shape index (κ2) is 10.6. The molecule has 0 aliphatic carbocycles. The third-order valence-corrected chi connectivity index (χ3v) is 5.84. The van der Waals surface area contributed by atoms with E-state index in [0.29, 0.717) is 6.04 Å². The summed E-state index contributed by atoms with van der Waals surface area (Å²) >= 11 is 0. The van der Waals surface area contributed by atoms with Crippen molar-refractivity contribution < 1.29 is 0 Å². The molecule has 2 heteroatoms. The van der Waals surface area contributed by atoms with Gasteiger partial charge < -0.3 is 4.90 Å². The highest BCUT2D eigenvalue weighted by Crippen LogP contribution is 2.24. The van der Waals surface area contributed by atoms with Gasteiger partial charge in [0, 0.05) is 31.7 Å². The van der Waals surface area contributed by atoms with Crippen molar-refractivity contribution in [2.24, 2.45) is 17.8 Å². The molecule has 0 saturated carbocycles. The summed E-state index contributed by atoms with van der Waals surface area (Å²) in [7, 11) is 0. The Bertz CT molecular complexity index is 354. The molecule has 0 spiro atoms. The van der Waals surface area contributed by atoms with Gasteiger partial charge in [0.25, 0.3) is 0 Å². The zero-order valence-corrected chi connectivity index (χ0v) is 17.8. The van der Waals surface area contributed by atoms with E-state index in [9.17, 15) is 0 Å². The zero-order chi connectivity index (χ0) is 18.3. The fraction of sp³-hybridized carbons (Fsp3) is 0.909. The molecule has 1 saturated heterocycles. The number of hydrogen-bond acceptors (Lipinski definition) is 2. The summed E-state index contributed by atoms with van der Waals surface area (Å²) in [6.45, 7) is 23.5. The van der Waals surface area contributed by atoms with Gasteiger partial charge in [-0.1, -0.05) is 39.3 Å². The van der Waals surface area contributed by atoms with Gasteiger partial charge in [0.1, 0.15) is 0 Å². The Morgan fingerprint density at radius 3 is 2.00 bits per heavy atom. The van der Waals surface area contributed by atoms with E-state index < -0.39 is 0 Å². The molecule has 0 aromatic heterocycles. The van der Waals surface area contributed by atoms with Crippen LogP contribution in [-0.2, 0) is 0 Å². The largest absolute Gasteiger partial charge is 0.301 e. The molecule has 2 aliphatic heterocycles. The highest BCUT2D eigenvalue weighted by atomic mass is 15.2. The highest BCUT2D eigenvalue weighted by molar-refractivity contribution is 5.10. The first-order chi connectivity index (χ1) is 11.2. The maximum absolute atomic E-state index is 2.62. The second-order valence-corrected chi connectivity index (χ2v) is 9.02. The van der Waals surface area contributed by atoms with Gasteiger partial charge in [0.05, 0.1) is 0 Å². The van der Waals surface area contributed by atoms with Crippen molar-refractivity contribution in [2.75, 3.05) is 26.2 Å². The van der Waals surface area contributed by atoms with E-state index in [4.69, 9.17) is 0 Å². The van der Waals surface area contributed by atoms with Crippen LogP contribution >= 0.6 is 0 Å². The van der Waals surface area contributed by atoms with Crippen LogP contribution in [0.1, 0.15) is 74.7 Å². The van der Waals surface area contributed by atoms with E-state index in [2.05, 4.69) is 71.3 Å². The number of piperidine rings is 1. The normalized spacial score (nSPS) is 23.7. The molecule has 0 radical (unpaired) electrons. The molecule has 142 valence electrons. The molecule has 24 heavy (non-hydrogen) atoms. The lowest BCUT2D eigenvalue weighted by molar-refractivity contribution is 0.117. The van der Waals surface area contributed by atoms with Crippen molar-refractivity contribution in [3.05, 3.63) is 11.6 Å². The zero-order valence-electron chi connectivity index (χ0n) is 17.8. The second-order valence-electron chi connectivity index (χ2n) is 9.02. The molecule has 2 heterocycles. The van der Waals surface area contributed by atoms with Crippen LogP contribution in [0.5, 0.6) is 0 Å². The molecule has 2 nitrogen and oxygen atoms in total. The molecule has 0 aromatic carbocycles. The van der Waals surface area contributed by atoms with Gasteiger partial charge in [-0.15, -0.1) is 0 Å². The standard InChI is InChI=1S/C11H23N.C11H21N/c2*1-9(2)11-6-5-7-12(8-11)10(3)4/h9-11H,5-8H2,1-4H3;6,9-10H,5,7-8H2,1-4H3.